The number of nitrogens with zero attached hydrogens (tertiary/aromatic N) is 1. The number of carboxylic acid groups (broad SMARTS) is 1. The van der Waals surface area contributed by atoms with E-state index < -0.39 is 18.0 Å². The minimum absolute atomic E-state index is 0.0656. The Hall–Kier alpha value is -2.57. The number of aromatic carboxylic acids is 1. The Kier molecular flexibility index (Phi) is 5.52. The molecule has 0 unspecified atom stereocenters. The Labute approximate surface area is 116 Å². The number of carbonyl (C=O) groups excluding carboxylic acids is 2. The summed E-state index contributed by atoms with van der Waals surface area (Å²) in [4.78, 5) is 35.0. The highest BCUT2D eigenvalue weighted by molar-refractivity contribution is 5.94. The smallest absolute Gasteiger partial charge is 0.335 e. The summed E-state index contributed by atoms with van der Waals surface area (Å²) >= 11 is 0. The first-order valence-corrected chi connectivity index (χ1v) is 5.95. The van der Waals surface area contributed by atoms with Crippen molar-refractivity contribution < 1.29 is 24.2 Å². The number of urea groups is 1. The summed E-state index contributed by atoms with van der Waals surface area (Å²) < 4.78 is 4.73. The van der Waals surface area contributed by atoms with Crippen molar-refractivity contribution in [2.24, 2.45) is 0 Å². The molecule has 0 spiro atoms. The minimum Gasteiger partial charge on any atom is -0.478 e. The minimum atomic E-state index is -1.08. The van der Waals surface area contributed by atoms with Gasteiger partial charge in [-0.25, -0.2) is 9.59 Å². The molecule has 0 aromatic heterocycles. The molecule has 1 aromatic carbocycles. The van der Waals surface area contributed by atoms with Crippen LogP contribution in [0.5, 0.6) is 0 Å². The lowest BCUT2D eigenvalue weighted by atomic mass is 10.2. The van der Waals surface area contributed by atoms with Gasteiger partial charge >= 0.3 is 18.0 Å². The predicted octanol–water partition coefficient (Wildman–Crippen LogP) is 1.41. The fourth-order valence-corrected chi connectivity index (χ4v) is 1.42. The number of rotatable bonds is 5. The number of carbonyl (C=O) groups is 3. The van der Waals surface area contributed by atoms with E-state index in [-0.39, 0.29) is 18.7 Å². The highest BCUT2D eigenvalue weighted by Crippen LogP contribution is 2.11. The monoisotopic (exact) mass is 280 g/mol. The van der Waals surface area contributed by atoms with Crippen LogP contribution in [-0.4, -0.2) is 48.2 Å². The average Bonchev–Trinajstić information content (AvgIpc) is 2.39. The van der Waals surface area contributed by atoms with Crippen LogP contribution in [0.15, 0.2) is 24.3 Å². The number of benzene rings is 1. The molecule has 2 amide bonds. The van der Waals surface area contributed by atoms with Crippen molar-refractivity contribution in [1.82, 2.24) is 4.90 Å². The number of ether oxygens (including phenoxy) is 1. The molecule has 0 atom stereocenters. The summed E-state index contributed by atoms with van der Waals surface area (Å²) in [7, 11) is 1.44. The number of anilines is 1. The number of esters is 1. The molecule has 108 valence electrons. The lowest BCUT2D eigenvalue weighted by molar-refractivity contribution is -0.143. The Balaban J connectivity index is 2.63. The van der Waals surface area contributed by atoms with Crippen LogP contribution in [-0.2, 0) is 9.53 Å². The molecule has 1 aromatic rings. The van der Waals surface area contributed by atoms with Crippen molar-refractivity contribution in [3.05, 3.63) is 29.8 Å². The van der Waals surface area contributed by atoms with Gasteiger partial charge in [0.2, 0.25) is 0 Å². The van der Waals surface area contributed by atoms with E-state index in [2.05, 4.69) is 5.32 Å². The van der Waals surface area contributed by atoms with Gasteiger partial charge in [-0.15, -0.1) is 0 Å². The molecule has 0 bridgehead atoms. The largest absolute Gasteiger partial charge is 0.478 e. The van der Waals surface area contributed by atoms with Crippen LogP contribution in [0.4, 0.5) is 10.5 Å². The van der Waals surface area contributed by atoms with E-state index in [1.807, 2.05) is 0 Å². The standard InChI is InChI=1S/C13H16N2O5/c1-3-20-11(16)8-15(2)13(19)14-10-6-4-5-9(7-10)12(17)18/h4-7H,3,8H2,1-2H3,(H,14,19)(H,17,18). The van der Waals surface area contributed by atoms with Gasteiger partial charge in [-0.2, -0.15) is 0 Å². The van der Waals surface area contributed by atoms with Crippen LogP contribution in [0.3, 0.4) is 0 Å². The zero-order valence-corrected chi connectivity index (χ0v) is 11.3. The van der Waals surface area contributed by atoms with Crippen LogP contribution < -0.4 is 5.32 Å². The summed E-state index contributed by atoms with van der Waals surface area (Å²) in [6.45, 7) is 1.74. The van der Waals surface area contributed by atoms with Crippen molar-refractivity contribution in [3.8, 4) is 0 Å². The molecule has 0 fully saturated rings. The molecular formula is C13H16N2O5. The third-order valence-electron chi connectivity index (χ3n) is 2.38. The van der Waals surface area contributed by atoms with Gasteiger partial charge in [0.25, 0.3) is 0 Å². The molecule has 1 rings (SSSR count). The molecule has 0 aliphatic rings. The maximum absolute atomic E-state index is 11.8. The average molecular weight is 280 g/mol. The molecule has 0 saturated carbocycles. The first kappa shape index (κ1) is 15.5. The highest BCUT2D eigenvalue weighted by Gasteiger charge is 2.14. The topological polar surface area (TPSA) is 95.9 Å². The molecule has 0 saturated heterocycles. The summed E-state index contributed by atoms with van der Waals surface area (Å²) in [5.41, 5.74) is 0.404. The lowest BCUT2D eigenvalue weighted by Crippen LogP contribution is -2.36. The van der Waals surface area contributed by atoms with E-state index in [9.17, 15) is 14.4 Å². The van der Waals surface area contributed by atoms with Gasteiger partial charge in [-0.05, 0) is 25.1 Å². The van der Waals surface area contributed by atoms with Crippen molar-refractivity contribution >= 4 is 23.7 Å². The fraction of sp³-hybridized carbons (Fsp3) is 0.308. The number of carboxylic acids is 1. The van der Waals surface area contributed by atoms with Crippen molar-refractivity contribution in [2.45, 2.75) is 6.92 Å². The Morgan fingerprint density at radius 1 is 1.35 bits per heavy atom. The highest BCUT2D eigenvalue weighted by atomic mass is 16.5. The second-order valence-electron chi connectivity index (χ2n) is 3.98. The zero-order chi connectivity index (χ0) is 15.1. The molecular weight excluding hydrogens is 264 g/mol. The Morgan fingerprint density at radius 2 is 2.05 bits per heavy atom. The van der Waals surface area contributed by atoms with Crippen LogP contribution >= 0.6 is 0 Å². The van der Waals surface area contributed by atoms with Gasteiger partial charge in [-0.3, -0.25) is 4.79 Å². The van der Waals surface area contributed by atoms with E-state index in [4.69, 9.17) is 9.84 Å². The summed E-state index contributed by atoms with van der Waals surface area (Å²) in [5.74, 6) is -1.59. The van der Waals surface area contributed by atoms with E-state index in [1.54, 1.807) is 13.0 Å². The van der Waals surface area contributed by atoms with E-state index >= 15 is 0 Å². The zero-order valence-electron chi connectivity index (χ0n) is 11.3. The molecule has 7 heteroatoms. The molecule has 2 N–H and O–H groups in total. The third kappa shape index (κ3) is 4.60. The van der Waals surface area contributed by atoms with Crippen LogP contribution in [0.2, 0.25) is 0 Å². The number of likely N-dealkylation sites (N-methyl/N-ethyl adjacent to an activating group) is 1. The Bertz CT molecular complexity index is 515. The van der Waals surface area contributed by atoms with Crippen molar-refractivity contribution in [1.29, 1.82) is 0 Å². The SMILES string of the molecule is CCOC(=O)CN(C)C(=O)Nc1cccc(C(=O)O)c1. The molecule has 0 aliphatic carbocycles. The van der Waals surface area contributed by atoms with Crippen LogP contribution in [0.25, 0.3) is 0 Å². The van der Waals surface area contributed by atoms with Gasteiger partial charge in [0.15, 0.2) is 0 Å². The van der Waals surface area contributed by atoms with Crippen LogP contribution in [0, 0.1) is 0 Å². The van der Waals surface area contributed by atoms with Crippen LogP contribution in [0.1, 0.15) is 17.3 Å². The van der Waals surface area contributed by atoms with E-state index in [1.165, 1.54) is 25.2 Å². The summed E-state index contributed by atoms with van der Waals surface area (Å²) in [5, 5.41) is 11.3. The Morgan fingerprint density at radius 3 is 2.65 bits per heavy atom. The molecule has 7 nitrogen and oxygen atoms in total. The van der Waals surface area contributed by atoms with Gasteiger partial charge < -0.3 is 20.1 Å². The lowest BCUT2D eigenvalue weighted by Gasteiger charge is -2.17. The number of nitrogens with one attached hydrogen (secondary N) is 1. The maximum atomic E-state index is 11.8. The third-order valence-corrected chi connectivity index (χ3v) is 2.38. The fourth-order valence-electron chi connectivity index (χ4n) is 1.42. The normalized spacial score (nSPS) is 9.70. The molecule has 20 heavy (non-hydrogen) atoms. The second kappa shape index (κ2) is 7.13. The van der Waals surface area contributed by atoms with E-state index in [0.29, 0.717) is 5.69 Å². The first-order valence-electron chi connectivity index (χ1n) is 5.95. The van der Waals surface area contributed by atoms with Gasteiger partial charge in [-0.1, -0.05) is 6.07 Å². The second-order valence-corrected chi connectivity index (χ2v) is 3.98. The molecule has 0 heterocycles. The number of hydrogen-bond acceptors (Lipinski definition) is 4. The molecule has 0 aliphatic heterocycles. The summed E-state index contributed by atoms with van der Waals surface area (Å²) in [6, 6.07) is 5.30. The van der Waals surface area contributed by atoms with Gasteiger partial charge in [0.05, 0.1) is 12.2 Å². The summed E-state index contributed by atoms with van der Waals surface area (Å²) in [6.07, 6.45) is 0. The maximum Gasteiger partial charge on any atom is 0.335 e. The number of amides is 2. The van der Waals surface area contributed by atoms with Crippen molar-refractivity contribution in [3.63, 3.8) is 0 Å². The van der Waals surface area contributed by atoms with Crippen molar-refractivity contribution in [2.75, 3.05) is 25.5 Å². The molecule has 0 radical (unpaired) electrons. The number of hydrogen-bond donors (Lipinski definition) is 2. The van der Waals surface area contributed by atoms with E-state index in [0.717, 1.165) is 4.90 Å². The quantitative estimate of drug-likeness (QED) is 0.795. The van der Waals surface area contributed by atoms with Gasteiger partial charge in [0.1, 0.15) is 6.54 Å². The first-order chi connectivity index (χ1) is 9.43. The van der Waals surface area contributed by atoms with Gasteiger partial charge in [0, 0.05) is 12.7 Å². The predicted molar refractivity (Wildman–Crippen MR) is 71.7 cm³/mol.